The molecule has 0 spiro atoms. The van der Waals surface area contributed by atoms with Gasteiger partial charge in [-0.3, -0.25) is 0 Å². The highest BCUT2D eigenvalue weighted by atomic mass is 32.1. The van der Waals surface area contributed by atoms with Crippen molar-refractivity contribution < 1.29 is 8.83 Å². The van der Waals surface area contributed by atoms with Gasteiger partial charge in [0.05, 0.1) is 61.3 Å². The molecule has 0 aliphatic rings. The van der Waals surface area contributed by atoms with E-state index in [1.807, 2.05) is 68.0 Å². The number of hydrogen-bond acceptors (Lipinski definition) is 8. The normalized spacial score (nSPS) is 12.3. The largest absolute Gasteiger partial charge is 0.454 e. The molecule has 12 heteroatoms. The number of aromatic nitrogens is 4. The van der Waals surface area contributed by atoms with E-state index in [-0.39, 0.29) is 0 Å². The molecule has 0 N–H and O–H groups in total. The third-order valence-corrected chi connectivity index (χ3v) is 30.4. The highest BCUT2D eigenvalue weighted by Crippen LogP contribution is 2.56. The molecule has 12 aromatic heterocycles. The lowest BCUT2D eigenvalue weighted by molar-refractivity contribution is 0.668. The molecule has 6 nitrogen and oxygen atoms in total. The Morgan fingerprint density at radius 1 is 0.205 bits per heavy atom. The highest BCUT2D eigenvalue weighted by molar-refractivity contribution is 7.39. The van der Waals surface area contributed by atoms with Crippen molar-refractivity contribution in [1.29, 1.82) is 0 Å². The van der Waals surface area contributed by atoms with E-state index in [0.29, 0.717) is 0 Å². The predicted octanol–water partition coefficient (Wildman–Crippen LogP) is 31.4. The Morgan fingerprint density at radius 3 is 0.830 bits per heavy atom. The number of aryl methyl sites for hydroxylation is 8. The quantitative estimate of drug-likeness (QED) is 0.152. The van der Waals surface area contributed by atoms with Crippen LogP contribution in [0.1, 0.15) is 44.5 Å². The van der Waals surface area contributed by atoms with Gasteiger partial charge in [0, 0.05) is 83.6 Å². The Balaban J connectivity index is 0.000000134. The Morgan fingerprint density at radius 2 is 0.491 bits per heavy atom. The Kier molecular flexibility index (Phi) is 14.6. The number of thiophene rings is 6. The van der Waals surface area contributed by atoms with Crippen molar-refractivity contribution in [2.45, 2.75) is 55.4 Å². The van der Waals surface area contributed by atoms with Gasteiger partial charge in [-0.15, -0.1) is 68.0 Å². The van der Waals surface area contributed by atoms with Gasteiger partial charge in [-0.05, 0) is 198 Å². The molecule has 0 saturated heterocycles. The predicted molar refractivity (Wildman–Crippen MR) is 487 cm³/mol. The zero-order valence-electron chi connectivity index (χ0n) is 62.5. The fourth-order valence-electron chi connectivity index (χ4n) is 17.0. The highest BCUT2D eigenvalue weighted by Gasteiger charge is 2.30. The van der Waals surface area contributed by atoms with Crippen LogP contribution in [0.5, 0.6) is 0 Å². The van der Waals surface area contributed by atoms with E-state index in [1.165, 1.54) is 179 Å². The van der Waals surface area contributed by atoms with Crippen LogP contribution in [0.15, 0.2) is 276 Å². The van der Waals surface area contributed by atoms with Crippen LogP contribution in [0, 0.1) is 55.4 Å². The van der Waals surface area contributed by atoms with E-state index in [4.69, 9.17) is 8.83 Å². The number of benzene rings is 12. The summed E-state index contributed by atoms with van der Waals surface area (Å²) >= 11 is 11.7. The summed E-state index contributed by atoms with van der Waals surface area (Å²) < 4.78 is 37.5. The number of furan rings is 2. The number of nitrogens with zero attached hydrogens (tertiary/aromatic N) is 4. The molecule has 0 aliphatic carbocycles. The molecule has 0 saturated carbocycles. The maximum Gasteiger partial charge on any atom is 0.161 e. The molecule has 24 rings (SSSR count). The van der Waals surface area contributed by atoms with E-state index >= 15 is 0 Å². The number of hydrogen-bond donors (Lipinski definition) is 0. The van der Waals surface area contributed by atoms with Gasteiger partial charge in [-0.25, -0.2) is 0 Å². The maximum absolute atomic E-state index is 6.93. The lowest BCUT2D eigenvalue weighted by Crippen LogP contribution is -1.94. The van der Waals surface area contributed by atoms with Gasteiger partial charge in [0.2, 0.25) is 0 Å². The Labute approximate surface area is 668 Å². The van der Waals surface area contributed by atoms with E-state index in [1.54, 1.807) is 0 Å². The topological polar surface area (TPSA) is 46.0 Å². The molecule has 536 valence electrons. The average Bonchev–Trinajstić information content (AvgIpc) is 1.53. The summed E-state index contributed by atoms with van der Waals surface area (Å²) in [7, 11) is 0. The minimum absolute atomic E-state index is 0.835. The number of fused-ring (bicyclic) bond motifs is 24. The first-order valence-corrected chi connectivity index (χ1v) is 42.9. The molecule has 0 radical (unpaired) electrons. The van der Waals surface area contributed by atoms with Crippen molar-refractivity contribution in [3.63, 3.8) is 0 Å². The van der Waals surface area contributed by atoms with Crippen molar-refractivity contribution in [2.24, 2.45) is 0 Å². The molecule has 24 aromatic rings. The minimum Gasteiger partial charge on any atom is -0.454 e. The smallest absolute Gasteiger partial charge is 0.161 e. The van der Waals surface area contributed by atoms with E-state index in [9.17, 15) is 0 Å². The molecule has 0 bridgehead atoms. The fourth-order valence-corrected chi connectivity index (χ4v) is 24.9. The SMILES string of the molecule is Cc1ccc(-c2cc3sc4c5sc6cc7c(cc6c5n(-c5ccc(C)cc5)c4c3s2)sc2c3sc4cc(-c5ccc(C)cc5)sc4c3n(-c3ccc(C)cc3)c72)cc1.Cc1ccc(-c2ccc3c4oc5cc6c(cc5c4n(-c4ccc(C)cc4)c3c2)oc2c3ccc(-c4ccc(C)cc4)cc3n(-c3ccc(C)cc3)c62)cc1. The summed E-state index contributed by atoms with van der Waals surface area (Å²) in [5, 5.41) is 6.90. The third kappa shape index (κ3) is 10.1. The second-order valence-electron chi connectivity index (χ2n) is 30.6. The van der Waals surface area contributed by atoms with Gasteiger partial charge in [-0.1, -0.05) is 202 Å². The third-order valence-electron chi connectivity index (χ3n) is 22.9. The second-order valence-corrected chi connectivity index (χ2v) is 36.9. The standard InChI is InChI=1S/C50H36N2O2.C50H32N2S6/c1-29-5-13-33(14-6-29)35-17-23-39-43(25-35)51(37-19-9-31(3)10-20-37)47-41-27-46-42(28-45(41)53-49(39)47)48-50(54-46)40-24-18-36(34-15-7-30(2)8-16-34)26-44(40)52(48)38-21-11-32(4)12-22-38;1-25-5-13-29(14-6-25)35-23-39-45(53-35)43-49(57-39)47-41(51(43)31-17-9-27(3)10-18-31)33-21-38-34(22-37(33)55-47)42-48(56-38)50-44(52(42)32-19-11-28(4)12-20-32)46-40(58-50)24-36(54-46)30-15-7-26(2)8-16-30/h5-28H,1-4H3;5-24H,1-4H3. The van der Waals surface area contributed by atoms with Gasteiger partial charge in [0.25, 0.3) is 0 Å². The van der Waals surface area contributed by atoms with Crippen LogP contribution in [0.3, 0.4) is 0 Å². The minimum atomic E-state index is 0.835. The first-order chi connectivity index (χ1) is 54.7. The van der Waals surface area contributed by atoms with Crippen LogP contribution in [0.25, 0.3) is 212 Å². The van der Waals surface area contributed by atoms with E-state index in [0.717, 1.165) is 77.3 Å². The summed E-state index contributed by atoms with van der Waals surface area (Å²) in [6, 6.07) is 98.9. The molecule has 0 atom stereocenters. The van der Waals surface area contributed by atoms with E-state index in [2.05, 4.69) is 341 Å². The van der Waals surface area contributed by atoms with Crippen LogP contribution in [-0.2, 0) is 0 Å². The molecule has 12 aromatic carbocycles. The van der Waals surface area contributed by atoms with Gasteiger partial charge in [-0.2, -0.15) is 0 Å². The van der Waals surface area contributed by atoms with Crippen LogP contribution >= 0.6 is 68.0 Å². The molecule has 112 heavy (non-hydrogen) atoms. The molecule has 0 aliphatic heterocycles. The second kappa shape index (κ2) is 24.8. The van der Waals surface area contributed by atoms with Crippen LogP contribution in [-0.4, -0.2) is 18.3 Å². The van der Waals surface area contributed by atoms with Crippen molar-refractivity contribution in [3.05, 3.63) is 311 Å². The monoisotopic (exact) mass is 1550 g/mol. The van der Waals surface area contributed by atoms with Crippen molar-refractivity contribution >= 4 is 214 Å². The molecule has 0 unspecified atom stereocenters. The van der Waals surface area contributed by atoms with Crippen LogP contribution < -0.4 is 0 Å². The summed E-state index contributed by atoms with van der Waals surface area (Å²) in [6.45, 7) is 17.2. The summed E-state index contributed by atoms with van der Waals surface area (Å²) in [4.78, 5) is 2.67. The summed E-state index contributed by atoms with van der Waals surface area (Å²) in [5.41, 5.74) is 35.1. The Hall–Kier alpha value is -11.8. The lowest BCUT2D eigenvalue weighted by Gasteiger charge is -2.10. The summed E-state index contributed by atoms with van der Waals surface area (Å²) in [6.07, 6.45) is 0. The van der Waals surface area contributed by atoms with E-state index < -0.39 is 0 Å². The van der Waals surface area contributed by atoms with Gasteiger partial charge in [0.15, 0.2) is 11.2 Å². The molecular weight excluding hydrogens is 1480 g/mol. The zero-order valence-corrected chi connectivity index (χ0v) is 67.4. The van der Waals surface area contributed by atoms with Crippen molar-refractivity contribution in [2.75, 3.05) is 0 Å². The van der Waals surface area contributed by atoms with Crippen molar-refractivity contribution in [3.8, 4) is 65.9 Å². The van der Waals surface area contributed by atoms with Crippen molar-refractivity contribution in [1.82, 2.24) is 18.3 Å². The summed E-state index contributed by atoms with van der Waals surface area (Å²) in [5.74, 6) is 0. The van der Waals surface area contributed by atoms with Gasteiger partial charge >= 0.3 is 0 Å². The molecule has 0 amide bonds. The Bertz CT molecular complexity index is 7530. The van der Waals surface area contributed by atoms with Crippen LogP contribution in [0.2, 0.25) is 0 Å². The fraction of sp³-hybridized carbons (Fsp3) is 0.0800. The van der Waals surface area contributed by atoms with Gasteiger partial charge in [0.1, 0.15) is 22.2 Å². The first kappa shape index (κ1) is 66.0. The average molecular weight is 1550 g/mol. The maximum atomic E-state index is 6.93. The lowest BCUT2D eigenvalue weighted by atomic mass is 10.0. The first-order valence-electron chi connectivity index (χ1n) is 38.0. The molecule has 12 heterocycles. The number of rotatable bonds is 8. The van der Waals surface area contributed by atoms with Gasteiger partial charge < -0.3 is 27.1 Å². The zero-order chi connectivity index (χ0) is 74.8. The molecule has 0 fully saturated rings. The molecular formula is C100H68N4O2S6. The van der Waals surface area contributed by atoms with Crippen LogP contribution in [0.4, 0.5) is 0 Å².